The molecule has 28 heavy (non-hydrogen) atoms. The molecule has 0 aliphatic heterocycles. The van der Waals surface area contributed by atoms with Crippen LogP contribution in [0.3, 0.4) is 0 Å². The second-order valence-electron chi connectivity index (χ2n) is 7.00. The minimum Gasteiger partial charge on any atom is -0.345 e. The quantitative estimate of drug-likeness (QED) is 0.532. The normalized spacial score (nSPS) is 20.3. The van der Waals surface area contributed by atoms with Gasteiger partial charge in [0.1, 0.15) is 5.82 Å². The fourth-order valence-electron chi connectivity index (χ4n) is 3.89. The second kappa shape index (κ2) is 6.54. The summed E-state index contributed by atoms with van der Waals surface area (Å²) < 4.78 is 30.1. The Morgan fingerprint density at radius 1 is 1.14 bits per heavy atom. The second-order valence-corrected chi connectivity index (χ2v) is 9.15. The van der Waals surface area contributed by atoms with Crippen molar-refractivity contribution in [2.75, 3.05) is 0 Å². The molecule has 0 saturated heterocycles. The van der Waals surface area contributed by atoms with Crippen LogP contribution in [0.4, 0.5) is 0 Å². The first kappa shape index (κ1) is 17.6. The molecule has 1 fully saturated rings. The molecule has 3 aromatic heterocycles. The Morgan fingerprint density at radius 2 is 1.96 bits per heavy atom. The number of aromatic nitrogens is 5. The molecule has 2 atom stereocenters. The molecule has 0 bridgehead atoms. The topological polar surface area (TPSA) is 105 Å². The third-order valence-electron chi connectivity index (χ3n) is 5.21. The van der Waals surface area contributed by atoms with Crippen molar-refractivity contribution >= 4 is 38.4 Å². The molecule has 0 spiro atoms. The number of sulfonamides is 1. The summed E-state index contributed by atoms with van der Waals surface area (Å²) in [4.78, 5) is 7.64. The van der Waals surface area contributed by atoms with Crippen LogP contribution < -0.4 is 4.72 Å². The van der Waals surface area contributed by atoms with Gasteiger partial charge in [0.25, 0.3) is 0 Å². The molecule has 0 unspecified atom stereocenters. The molecule has 0 radical (unpaired) electrons. The third-order valence-corrected chi connectivity index (χ3v) is 7.00. The van der Waals surface area contributed by atoms with Crippen molar-refractivity contribution in [1.82, 2.24) is 29.3 Å². The summed E-state index contributed by atoms with van der Waals surface area (Å²) in [7, 11) is -3.59. The number of hydrogen-bond acceptors (Lipinski definition) is 5. The number of nitrogens with zero attached hydrogens (tertiary/aromatic N) is 4. The number of aromatic amines is 1. The smallest absolute Gasteiger partial charge is 0.240 e. The SMILES string of the molecule is O=S(=O)(N[C@H]1CC[C@@H](c2nnc3cnc4[nH]ccc4n23)C1)c1ccc(Cl)cc1. The van der Waals surface area contributed by atoms with Gasteiger partial charge in [0.2, 0.25) is 10.0 Å². The number of hydrogen-bond donors (Lipinski definition) is 2. The van der Waals surface area contributed by atoms with Gasteiger partial charge in [-0.15, -0.1) is 10.2 Å². The van der Waals surface area contributed by atoms with Crippen molar-refractivity contribution in [3.05, 3.63) is 53.6 Å². The molecule has 3 heterocycles. The van der Waals surface area contributed by atoms with Gasteiger partial charge in [-0.25, -0.2) is 18.1 Å². The predicted octanol–water partition coefficient (Wildman–Crippen LogP) is 2.87. The van der Waals surface area contributed by atoms with Crippen LogP contribution in [0.25, 0.3) is 16.8 Å². The van der Waals surface area contributed by atoms with E-state index >= 15 is 0 Å². The lowest BCUT2D eigenvalue weighted by molar-refractivity contribution is 0.546. The average molecular weight is 417 g/mol. The predicted molar refractivity (Wildman–Crippen MR) is 105 cm³/mol. The molecule has 8 nitrogen and oxygen atoms in total. The highest BCUT2D eigenvalue weighted by atomic mass is 35.5. The maximum atomic E-state index is 12.6. The van der Waals surface area contributed by atoms with Crippen molar-refractivity contribution in [1.29, 1.82) is 0 Å². The summed E-state index contributed by atoms with van der Waals surface area (Å²) in [6.07, 6.45) is 5.77. The maximum Gasteiger partial charge on any atom is 0.240 e. The minimum absolute atomic E-state index is 0.119. The molecule has 2 N–H and O–H groups in total. The Kier molecular flexibility index (Phi) is 4.11. The Hall–Kier alpha value is -2.49. The highest BCUT2D eigenvalue weighted by Crippen LogP contribution is 2.35. The van der Waals surface area contributed by atoms with E-state index in [0.717, 1.165) is 29.8 Å². The zero-order valence-electron chi connectivity index (χ0n) is 14.7. The van der Waals surface area contributed by atoms with Gasteiger partial charge in [0.05, 0.1) is 16.6 Å². The largest absolute Gasteiger partial charge is 0.345 e. The lowest BCUT2D eigenvalue weighted by Gasteiger charge is -2.13. The number of halogens is 1. The van der Waals surface area contributed by atoms with Gasteiger partial charge in [-0.05, 0) is 49.6 Å². The number of benzene rings is 1. The van der Waals surface area contributed by atoms with E-state index in [-0.39, 0.29) is 16.9 Å². The minimum atomic E-state index is -3.59. The Morgan fingerprint density at radius 3 is 2.79 bits per heavy atom. The van der Waals surface area contributed by atoms with Crippen LogP contribution in [0, 0.1) is 0 Å². The van der Waals surface area contributed by atoms with E-state index in [1.165, 1.54) is 12.1 Å². The molecule has 1 aliphatic carbocycles. The van der Waals surface area contributed by atoms with Crippen molar-refractivity contribution in [2.45, 2.75) is 36.1 Å². The number of fused-ring (bicyclic) bond motifs is 3. The first-order valence-corrected chi connectivity index (χ1v) is 10.8. The monoisotopic (exact) mass is 416 g/mol. The average Bonchev–Trinajstić information content (AvgIpc) is 3.39. The zero-order chi connectivity index (χ0) is 19.3. The van der Waals surface area contributed by atoms with E-state index in [1.54, 1.807) is 18.3 Å². The summed E-state index contributed by atoms with van der Waals surface area (Å²) in [5.41, 5.74) is 2.38. The first-order chi connectivity index (χ1) is 13.5. The Balaban J connectivity index is 1.40. The maximum absolute atomic E-state index is 12.6. The lowest BCUT2D eigenvalue weighted by atomic mass is 10.1. The van der Waals surface area contributed by atoms with Gasteiger partial charge in [-0.2, -0.15) is 0 Å². The molecule has 0 amide bonds. The summed E-state index contributed by atoms with van der Waals surface area (Å²) >= 11 is 5.85. The molecule has 4 aromatic rings. The molecular formula is C18H17ClN6O2S. The van der Waals surface area contributed by atoms with Gasteiger partial charge in [0.15, 0.2) is 11.3 Å². The molecule has 1 aliphatic rings. The molecule has 1 saturated carbocycles. The fourth-order valence-corrected chi connectivity index (χ4v) is 5.30. The molecular weight excluding hydrogens is 400 g/mol. The molecule has 1 aromatic carbocycles. The Bertz CT molecular complexity index is 1260. The third kappa shape index (κ3) is 2.95. The van der Waals surface area contributed by atoms with Gasteiger partial charge >= 0.3 is 0 Å². The van der Waals surface area contributed by atoms with E-state index < -0.39 is 10.0 Å². The van der Waals surface area contributed by atoms with E-state index in [0.29, 0.717) is 17.1 Å². The highest BCUT2D eigenvalue weighted by molar-refractivity contribution is 7.89. The summed E-state index contributed by atoms with van der Waals surface area (Å²) in [6.45, 7) is 0. The fraction of sp³-hybridized carbons (Fsp3) is 0.278. The van der Waals surface area contributed by atoms with Crippen LogP contribution in [0.2, 0.25) is 5.02 Å². The van der Waals surface area contributed by atoms with Crippen molar-refractivity contribution < 1.29 is 8.42 Å². The van der Waals surface area contributed by atoms with Crippen LogP contribution in [0.15, 0.2) is 47.6 Å². The zero-order valence-corrected chi connectivity index (χ0v) is 16.3. The van der Waals surface area contributed by atoms with Gasteiger partial charge < -0.3 is 4.98 Å². The number of H-pyrrole nitrogens is 1. The Labute approximate surface area is 166 Å². The number of nitrogens with one attached hydrogen (secondary N) is 2. The van der Waals surface area contributed by atoms with Crippen molar-refractivity contribution in [3.63, 3.8) is 0 Å². The van der Waals surface area contributed by atoms with Crippen LogP contribution in [0.1, 0.15) is 31.0 Å². The standard InChI is InChI=1S/C18H17ClN6O2S/c19-12-2-5-14(6-3-12)28(26,27)24-13-4-1-11(9-13)18-23-22-16-10-21-17-15(25(16)18)7-8-20-17/h2-3,5-8,10-11,13,20,24H,1,4,9H2/t11-,13+/m1/s1. The van der Waals surface area contributed by atoms with Gasteiger partial charge in [0, 0.05) is 23.2 Å². The highest BCUT2D eigenvalue weighted by Gasteiger charge is 2.32. The summed E-state index contributed by atoms with van der Waals surface area (Å²) in [5.74, 6) is 0.962. The van der Waals surface area contributed by atoms with Crippen LogP contribution >= 0.6 is 11.6 Å². The van der Waals surface area contributed by atoms with Crippen molar-refractivity contribution in [3.8, 4) is 0 Å². The summed E-state index contributed by atoms with van der Waals surface area (Å²) in [6, 6.07) is 7.97. The van der Waals surface area contributed by atoms with E-state index in [1.807, 2.05) is 16.7 Å². The van der Waals surface area contributed by atoms with E-state index in [4.69, 9.17) is 11.6 Å². The van der Waals surface area contributed by atoms with Crippen LogP contribution in [-0.2, 0) is 10.0 Å². The molecule has 10 heteroatoms. The van der Waals surface area contributed by atoms with Crippen LogP contribution in [0.5, 0.6) is 0 Å². The lowest BCUT2D eigenvalue weighted by Crippen LogP contribution is -2.32. The number of rotatable bonds is 4. The van der Waals surface area contributed by atoms with Crippen molar-refractivity contribution in [2.24, 2.45) is 0 Å². The van der Waals surface area contributed by atoms with Gasteiger partial charge in [-0.3, -0.25) is 4.40 Å². The van der Waals surface area contributed by atoms with Crippen LogP contribution in [-0.4, -0.2) is 39.0 Å². The van der Waals surface area contributed by atoms with E-state index in [9.17, 15) is 8.42 Å². The van der Waals surface area contributed by atoms with Gasteiger partial charge in [-0.1, -0.05) is 11.6 Å². The van der Waals surface area contributed by atoms with E-state index in [2.05, 4.69) is 24.9 Å². The molecule has 5 rings (SSSR count). The molecule has 144 valence electrons. The first-order valence-electron chi connectivity index (χ1n) is 8.96. The summed E-state index contributed by atoms with van der Waals surface area (Å²) in [5, 5.41) is 9.11.